The summed E-state index contributed by atoms with van der Waals surface area (Å²) in [5.41, 5.74) is 1.64. The van der Waals surface area contributed by atoms with Crippen molar-refractivity contribution in [2.45, 2.75) is 17.2 Å². The van der Waals surface area contributed by atoms with Gasteiger partial charge in [0, 0.05) is 10.3 Å². The molecule has 0 spiro atoms. The summed E-state index contributed by atoms with van der Waals surface area (Å²) in [5.74, 6) is 0. The van der Waals surface area contributed by atoms with Gasteiger partial charge in [0.25, 0.3) is 0 Å². The third-order valence-electron chi connectivity index (χ3n) is 2.48. The summed E-state index contributed by atoms with van der Waals surface area (Å²) in [6, 6.07) is 15.3. The highest BCUT2D eigenvalue weighted by molar-refractivity contribution is 7.99. The first kappa shape index (κ1) is 12.9. The summed E-state index contributed by atoms with van der Waals surface area (Å²) in [5, 5.41) is 10.7. The predicted molar refractivity (Wildman–Crippen MR) is 74.7 cm³/mol. The molecule has 0 saturated carbocycles. The highest BCUT2D eigenvalue weighted by Crippen LogP contribution is 2.33. The maximum atomic E-state index is 8.81. The van der Waals surface area contributed by atoms with Crippen LogP contribution in [0.2, 0.25) is 5.02 Å². The fourth-order valence-electron chi connectivity index (χ4n) is 1.53. The number of aromatic nitrogens is 1. The molecule has 0 aliphatic carbocycles. The topological polar surface area (TPSA) is 36.7 Å². The van der Waals surface area contributed by atoms with Gasteiger partial charge in [0.1, 0.15) is 11.8 Å². The zero-order valence-corrected chi connectivity index (χ0v) is 11.4. The van der Waals surface area contributed by atoms with Crippen molar-refractivity contribution >= 4 is 23.4 Å². The molecule has 0 amide bonds. The molecule has 18 heavy (non-hydrogen) atoms. The molecule has 1 atom stereocenters. The molecule has 0 N–H and O–H groups in total. The van der Waals surface area contributed by atoms with E-state index >= 15 is 0 Å². The number of rotatable bonds is 3. The molecule has 90 valence electrons. The molecule has 1 aromatic heterocycles. The predicted octanol–water partition coefficient (Wildman–Crippen LogP) is 4.46. The number of pyridine rings is 1. The zero-order chi connectivity index (χ0) is 13.0. The van der Waals surface area contributed by atoms with E-state index in [1.54, 1.807) is 17.8 Å². The molecular weight excluding hydrogens is 264 g/mol. The van der Waals surface area contributed by atoms with Crippen LogP contribution < -0.4 is 0 Å². The normalized spacial score (nSPS) is 11.8. The average Bonchev–Trinajstić information content (AvgIpc) is 2.39. The number of benzene rings is 1. The van der Waals surface area contributed by atoms with Crippen LogP contribution in [0.4, 0.5) is 0 Å². The van der Waals surface area contributed by atoms with E-state index in [9.17, 15) is 0 Å². The minimum atomic E-state index is 0.267. The minimum absolute atomic E-state index is 0.267. The maximum absolute atomic E-state index is 8.81. The molecule has 2 aromatic rings. The lowest BCUT2D eigenvalue weighted by Gasteiger charge is -2.11. The SMILES string of the molecule is CC(Sc1cccc(C#N)n1)c1ccc(Cl)cc1. The van der Waals surface area contributed by atoms with E-state index in [1.165, 1.54) is 5.56 Å². The molecule has 0 saturated heterocycles. The van der Waals surface area contributed by atoms with Crippen LogP contribution >= 0.6 is 23.4 Å². The summed E-state index contributed by atoms with van der Waals surface area (Å²) in [7, 11) is 0. The molecule has 0 radical (unpaired) electrons. The Labute approximate surface area is 116 Å². The fraction of sp³-hybridized carbons (Fsp3) is 0.143. The third-order valence-corrected chi connectivity index (χ3v) is 3.82. The van der Waals surface area contributed by atoms with Crippen molar-refractivity contribution < 1.29 is 0 Å². The molecule has 0 fully saturated rings. The van der Waals surface area contributed by atoms with Gasteiger partial charge in [0.2, 0.25) is 0 Å². The Balaban J connectivity index is 2.13. The number of thioether (sulfide) groups is 1. The van der Waals surface area contributed by atoms with Crippen molar-refractivity contribution in [2.75, 3.05) is 0 Å². The second-order valence-corrected chi connectivity index (χ2v) is 5.58. The molecule has 1 unspecified atom stereocenters. The monoisotopic (exact) mass is 274 g/mol. The largest absolute Gasteiger partial charge is 0.231 e. The Kier molecular flexibility index (Phi) is 4.24. The van der Waals surface area contributed by atoms with Crippen LogP contribution in [-0.2, 0) is 0 Å². The first-order valence-corrected chi connectivity index (χ1v) is 6.74. The van der Waals surface area contributed by atoms with E-state index in [2.05, 4.69) is 11.9 Å². The molecular formula is C14H11ClN2S. The number of nitrogens with zero attached hydrogens (tertiary/aromatic N) is 2. The second kappa shape index (κ2) is 5.90. The summed E-state index contributed by atoms with van der Waals surface area (Å²) in [4.78, 5) is 4.25. The fourth-order valence-corrected chi connectivity index (χ4v) is 2.62. The first-order chi connectivity index (χ1) is 8.69. The average molecular weight is 275 g/mol. The lowest BCUT2D eigenvalue weighted by molar-refractivity contribution is 1.05. The van der Waals surface area contributed by atoms with E-state index in [0.29, 0.717) is 5.69 Å². The third kappa shape index (κ3) is 3.25. The zero-order valence-electron chi connectivity index (χ0n) is 9.80. The highest BCUT2D eigenvalue weighted by atomic mass is 35.5. The van der Waals surface area contributed by atoms with E-state index in [4.69, 9.17) is 16.9 Å². The van der Waals surface area contributed by atoms with Crippen LogP contribution in [0, 0.1) is 11.3 Å². The first-order valence-electron chi connectivity index (χ1n) is 5.48. The lowest BCUT2D eigenvalue weighted by Crippen LogP contribution is -1.90. The van der Waals surface area contributed by atoms with E-state index < -0.39 is 0 Å². The van der Waals surface area contributed by atoms with Crippen LogP contribution in [0.25, 0.3) is 0 Å². The van der Waals surface area contributed by atoms with Gasteiger partial charge in [-0.3, -0.25) is 0 Å². The molecule has 1 heterocycles. The van der Waals surface area contributed by atoms with Crippen molar-refractivity contribution in [1.29, 1.82) is 5.26 Å². The van der Waals surface area contributed by atoms with Crippen LogP contribution in [0.3, 0.4) is 0 Å². The summed E-state index contributed by atoms with van der Waals surface area (Å²) in [6.45, 7) is 2.11. The Morgan fingerprint density at radius 2 is 1.94 bits per heavy atom. The van der Waals surface area contributed by atoms with Gasteiger partial charge in [-0.25, -0.2) is 4.98 Å². The van der Waals surface area contributed by atoms with Crippen LogP contribution in [0.1, 0.15) is 23.4 Å². The van der Waals surface area contributed by atoms with Gasteiger partial charge in [-0.05, 0) is 36.8 Å². The highest BCUT2D eigenvalue weighted by Gasteiger charge is 2.08. The second-order valence-electron chi connectivity index (χ2n) is 3.78. The molecule has 0 bridgehead atoms. The summed E-state index contributed by atoms with van der Waals surface area (Å²) >= 11 is 7.49. The number of hydrogen-bond donors (Lipinski definition) is 0. The van der Waals surface area contributed by atoms with Gasteiger partial charge < -0.3 is 0 Å². The van der Waals surface area contributed by atoms with Crippen molar-refractivity contribution in [2.24, 2.45) is 0 Å². The molecule has 0 aliphatic heterocycles. The maximum Gasteiger partial charge on any atom is 0.141 e. The summed E-state index contributed by atoms with van der Waals surface area (Å²) in [6.07, 6.45) is 0. The van der Waals surface area contributed by atoms with Gasteiger partial charge in [-0.15, -0.1) is 0 Å². The Morgan fingerprint density at radius 3 is 2.61 bits per heavy atom. The van der Waals surface area contributed by atoms with E-state index in [-0.39, 0.29) is 5.25 Å². The van der Waals surface area contributed by atoms with Crippen molar-refractivity contribution in [3.63, 3.8) is 0 Å². The van der Waals surface area contributed by atoms with Crippen LogP contribution in [0.5, 0.6) is 0 Å². The smallest absolute Gasteiger partial charge is 0.141 e. The molecule has 4 heteroatoms. The van der Waals surface area contributed by atoms with Crippen LogP contribution in [-0.4, -0.2) is 4.98 Å². The number of halogens is 1. The minimum Gasteiger partial charge on any atom is -0.231 e. The molecule has 2 rings (SSSR count). The summed E-state index contributed by atoms with van der Waals surface area (Å²) < 4.78 is 0. The van der Waals surface area contributed by atoms with Gasteiger partial charge in [-0.1, -0.05) is 41.6 Å². The van der Waals surface area contributed by atoms with Crippen LogP contribution in [0.15, 0.2) is 47.5 Å². The lowest BCUT2D eigenvalue weighted by atomic mass is 10.2. The number of nitriles is 1. The van der Waals surface area contributed by atoms with Crippen molar-refractivity contribution in [1.82, 2.24) is 4.98 Å². The molecule has 0 aliphatic rings. The van der Waals surface area contributed by atoms with Gasteiger partial charge in [0.15, 0.2) is 0 Å². The van der Waals surface area contributed by atoms with Crippen molar-refractivity contribution in [3.05, 3.63) is 58.7 Å². The van der Waals surface area contributed by atoms with E-state index in [1.807, 2.05) is 42.5 Å². The van der Waals surface area contributed by atoms with Gasteiger partial charge in [-0.2, -0.15) is 5.26 Å². The van der Waals surface area contributed by atoms with Crippen molar-refractivity contribution in [3.8, 4) is 6.07 Å². The Hall–Kier alpha value is -1.50. The molecule has 2 nitrogen and oxygen atoms in total. The van der Waals surface area contributed by atoms with Gasteiger partial charge >= 0.3 is 0 Å². The Morgan fingerprint density at radius 1 is 1.22 bits per heavy atom. The van der Waals surface area contributed by atoms with Gasteiger partial charge in [0.05, 0.1) is 5.03 Å². The van der Waals surface area contributed by atoms with E-state index in [0.717, 1.165) is 10.0 Å². The molecule has 1 aromatic carbocycles. The number of hydrogen-bond acceptors (Lipinski definition) is 3. The standard InChI is InChI=1S/C14H11ClN2S/c1-10(11-5-7-12(15)8-6-11)18-14-4-2-3-13(9-16)17-14/h2-8,10H,1H3. The Bertz CT molecular complexity index is 575. The quantitative estimate of drug-likeness (QED) is 0.776.